The van der Waals surface area contributed by atoms with Crippen LogP contribution in [-0.4, -0.2) is 41.3 Å². The molecule has 0 unspecified atom stereocenters. The number of hydrogen-bond acceptors (Lipinski definition) is 6. The van der Waals surface area contributed by atoms with Crippen LogP contribution in [0.2, 0.25) is 0 Å². The van der Waals surface area contributed by atoms with Gasteiger partial charge in [0, 0.05) is 17.2 Å². The van der Waals surface area contributed by atoms with Gasteiger partial charge in [0.2, 0.25) is 0 Å². The van der Waals surface area contributed by atoms with Gasteiger partial charge in [0.25, 0.3) is 0 Å². The minimum Gasteiger partial charge on any atom is -0.504 e. The molecule has 0 saturated heterocycles. The molecule has 0 aliphatic heterocycles. The van der Waals surface area contributed by atoms with Crippen molar-refractivity contribution < 1.29 is 34.4 Å². The van der Waals surface area contributed by atoms with Crippen molar-refractivity contribution in [3.8, 4) is 34.1 Å². The van der Waals surface area contributed by atoms with E-state index in [1.807, 2.05) is 0 Å². The highest BCUT2D eigenvalue weighted by molar-refractivity contribution is 5.92. The van der Waals surface area contributed by atoms with E-state index >= 15 is 0 Å². The molecule has 0 fully saturated rings. The normalized spacial score (nSPS) is 11.1. The van der Waals surface area contributed by atoms with Crippen LogP contribution >= 0.6 is 0 Å². The molecule has 0 radical (unpaired) electrons. The van der Waals surface area contributed by atoms with Gasteiger partial charge in [-0.2, -0.15) is 0 Å². The molecule has 28 heavy (non-hydrogen) atoms. The molecule has 2 aromatic rings. The lowest BCUT2D eigenvalue weighted by atomic mass is 9.97. The minimum atomic E-state index is -1.13. The van der Waals surface area contributed by atoms with E-state index in [0.29, 0.717) is 11.1 Å². The first-order chi connectivity index (χ1) is 13.3. The Morgan fingerprint density at radius 3 is 1.61 bits per heavy atom. The lowest BCUT2D eigenvalue weighted by Crippen LogP contribution is -1.93. The van der Waals surface area contributed by atoms with Crippen LogP contribution in [0.4, 0.5) is 0 Å². The highest BCUT2D eigenvalue weighted by Gasteiger charge is 2.18. The zero-order valence-corrected chi connectivity index (χ0v) is 15.6. The molecule has 146 valence electrons. The van der Waals surface area contributed by atoms with Gasteiger partial charge in [-0.05, 0) is 54.5 Å². The molecule has 7 heteroatoms. The Morgan fingerprint density at radius 1 is 0.821 bits per heavy atom. The first-order valence-corrected chi connectivity index (χ1v) is 8.18. The van der Waals surface area contributed by atoms with Crippen LogP contribution in [0.25, 0.3) is 23.3 Å². The van der Waals surface area contributed by atoms with Crippen molar-refractivity contribution in [2.24, 2.45) is 0 Å². The maximum absolute atomic E-state index is 11.2. The van der Waals surface area contributed by atoms with Gasteiger partial charge in [-0.1, -0.05) is 6.08 Å². The molecule has 0 saturated carbocycles. The summed E-state index contributed by atoms with van der Waals surface area (Å²) in [5, 5.41) is 29.9. The van der Waals surface area contributed by atoms with Crippen LogP contribution < -0.4 is 9.47 Å². The van der Waals surface area contributed by atoms with Crippen LogP contribution in [0.15, 0.2) is 36.4 Å². The second kappa shape index (κ2) is 8.77. The van der Waals surface area contributed by atoms with Gasteiger partial charge in [-0.15, -0.1) is 0 Å². The second-order valence-corrected chi connectivity index (χ2v) is 5.85. The van der Waals surface area contributed by atoms with E-state index < -0.39 is 5.97 Å². The number of hydrogen-bond donors (Lipinski definition) is 3. The number of rotatable bonds is 7. The van der Waals surface area contributed by atoms with Crippen molar-refractivity contribution >= 4 is 23.9 Å². The standard InChI is InChI=1S/C21H20O7/c1-12(22)4-5-13-8-15(20(25)17(10-13)27-2)16-9-14(6-7-19(23)24)11-18(28-3)21(16)26/h4-11,25-26H,1-3H3,(H,23,24)/b5-4+,7-6+. The summed E-state index contributed by atoms with van der Waals surface area (Å²) in [6, 6.07) is 6.08. The molecule has 0 aliphatic rings. The topological polar surface area (TPSA) is 113 Å². The molecule has 0 atom stereocenters. The van der Waals surface area contributed by atoms with E-state index in [-0.39, 0.29) is 39.9 Å². The number of aromatic hydroxyl groups is 2. The van der Waals surface area contributed by atoms with Gasteiger partial charge >= 0.3 is 5.97 Å². The fraction of sp³-hybridized carbons (Fsp3) is 0.143. The van der Waals surface area contributed by atoms with Gasteiger partial charge in [0.1, 0.15) is 0 Å². The highest BCUT2D eigenvalue weighted by Crippen LogP contribution is 2.45. The highest BCUT2D eigenvalue weighted by atomic mass is 16.5. The first-order valence-electron chi connectivity index (χ1n) is 8.18. The van der Waals surface area contributed by atoms with Crippen molar-refractivity contribution in [3.63, 3.8) is 0 Å². The molecular formula is C21H20O7. The summed E-state index contributed by atoms with van der Waals surface area (Å²) < 4.78 is 10.3. The van der Waals surface area contributed by atoms with Crippen molar-refractivity contribution in [1.29, 1.82) is 0 Å². The summed E-state index contributed by atoms with van der Waals surface area (Å²) in [5.74, 6) is -1.50. The number of methoxy groups -OCH3 is 2. The van der Waals surface area contributed by atoms with Crippen LogP contribution in [0.3, 0.4) is 0 Å². The quantitative estimate of drug-likeness (QED) is 0.626. The van der Waals surface area contributed by atoms with Gasteiger partial charge in [0.05, 0.1) is 14.2 Å². The van der Waals surface area contributed by atoms with Gasteiger partial charge in [-0.3, -0.25) is 4.79 Å². The number of ether oxygens (including phenoxy) is 2. The molecule has 0 heterocycles. The van der Waals surface area contributed by atoms with E-state index in [4.69, 9.17) is 14.6 Å². The lowest BCUT2D eigenvalue weighted by Gasteiger charge is -2.15. The number of carbonyl (C=O) groups is 2. The van der Waals surface area contributed by atoms with Gasteiger partial charge in [0.15, 0.2) is 28.8 Å². The smallest absolute Gasteiger partial charge is 0.328 e. The molecule has 0 aromatic heterocycles. The summed E-state index contributed by atoms with van der Waals surface area (Å²) in [6.45, 7) is 1.41. The Kier molecular flexibility index (Phi) is 6.44. The Labute approximate surface area is 161 Å². The zero-order valence-electron chi connectivity index (χ0n) is 15.6. The SMILES string of the molecule is COc1cc(/C=C/C(C)=O)cc(-c2cc(/C=C/C(=O)O)cc(OC)c2O)c1O. The van der Waals surface area contributed by atoms with E-state index in [1.165, 1.54) is 45.4 Å². The molecule has 0 spiro atoms. The Morgan fingerprint density at radius 2 is 1.25 bits per heavy atom. The third-order valence-corrected chi connectivity index (χ3v) is 3.85. The van der Waals surface area contributed by atoms with Gasteiger partial charge < -0.3 is 24.8 Å². The monoisotopic (exact) mass is 384 g/mol. The lowest BCUT2D eigenvalue weighted by molar-refractivity contribution is -0.131. The molecule has 3 N–H and O–H groups in total. The molecule has 0 aliphatic carbocycles. The number of phenolic OH excluding ortho intramolecular Hbond substituents is 2. The largest absolute Gasteiger partial charge is 0.504 e. The van der Waals surface area contributed by atoms with Crippen molar-refractivity contribution in [2.45, 2.75) is 6.92 Å². The van der Waals surface area contributed by atoms with Gasteiger partial charge in [-0.25, -0.2) is 4.79 Å². The van der Waals surface area contributed by atoms with Crippen LogP contribution in [0.5, 0.6) is 23.0 Å². The van der Waals surface area contributed by atoms with E-state index in [2.05, 4.69) is 0 Å². The first kappa shape index (κ1) is 20.6. The Balaban J connectivity index is 2.74. The number of allylic oxidation sites excluding steroid dienone is 1. The summed E-state index contributed by atoms with van der Waals surface area (Å²) >= 11 is 0. The Hall–Kier alpha value is -3.74. The average Bonchev–Trinajstić information content (AvgIpc) is 2.66. The number of aliphatic carboxylic acids is 1. The predicted molar refractivity (Wildman–Crippen MR) is 105 cm³/mol. The average molecular weight is 384 g/mol. The predicted octanol–water partition coefficient (Wildman–Crippen LogP) is 3.48. The fourth-order valence-electron chi connectivity index (χ4n) is 2.55. The third kappa shape index (κ3) is 4.70. The number of benzene rings is 2. The summed E-state index contributed by atoms with van der Waals surface area (Å²) in [6.07, 6.45) is 5.20. The number of carboxylic acids is 1. The molecular weight excluding hydrogens is 364 g/mol. The summed E-state index contributed by atoms with van der Waals surface area (Å²) in [4.78, 5) is 22.0. The maximum Gasteiger partial charge on any atom is 0.328 e. The molecule has 0 bridgehead atoms. The minimum absolute atomic E-state index is 0.102. The van der Waals surface area contributed by atoms with E-state index in [9.17, 15) is 19.8 Å². The van der Waals surface area contributed by atoms with Crippen LogP contribution in [-0.2, 0) is 9.59 Å². The zero-order chi connectivity index (χ0) is 20.8. The molecule has 0 amide bonds. The van der Waals surface area contributed by atoms with E-state index in [1.54, 1.807) is 18.2 Å². The fourth-order valence-corrected chi connectivity index (χ4v) is 2.55. The summed E-state index contributed by atoms with van der Waals surface area (Å²) in [7, 11) is 2.74. The molecule has 2 rings (SSSR count). The van der Waals surface area contributed by atoms with Crippen molar-refractivity contribution in [2.75, 3.05) is 14.2 Å². The second-order valence-electron chi connectivity index (χ2n) is 5.85. The number of carboxylic acid groups (broad SMARTS) is 1. The third-order valence-electron chi connectivity index (χ3n) is 3.85. The van der Waals surface area contributed by atoms with Crippen molar-refractivity contribution in [3.05, 3.63) is 47.5 Å². The van der Waals surface area contributed by atoms with E-state index in [0.717, 1.165) is 6.08 Å². The molecule has 7 nitrogen and oxygen atoms in total. The summed E-state index contributed by atoms with van der Waals surface area (Å²) in [5.41, 5.74) is 1.43. The van der Waals surface area contributed by atoms with Crippen LogP contribution in [0, 0.1) is 0 Å². The maximum atomic E-state index is 11.2. The number of carbonyl (C=O) groups excluding carboxylic acids is 1. The van der Waals surface area contributed by atoms with Crippen LogP contribution in [0.1, 0.15) is 18.1 Å². The molecule has 2 aromatic carbocycles. The number of ketones is 1. The van der Waals surface area contributed by atoms with Crippen molar-refractivity contribution in [1.82, 2.24) is 0 Å². The Bertz CT molecular complexity index is 892. The number of phenols is 2.